The summed E-state index contributed by atoms with van der Waals surface area (Å²) in [4.78, 5) is 25.1. The van der Waals surface area contributed by atoms with Gasteiger partial charge < -0.3 is 35.4 Å². The molecule has 1 amide bonds. The Hall–Kier alpha value is -3.71. The second-order valence-corrected chi connectivity index (χ2v) is 8.59. The van der Waals surface area contributed by atoms with Gasteiger partial charge in [0, 0.05) is 24.2 Å². The van der Waals surface area contributed by atoms with Crippen LogP contribution in [0, 0.1) is 0 Å². The number of aliphatic hydroxyl groups is 1. The number of likely N-dealkylation sites (N-methyl/N-ethyl adjacent to an activating group) is 1. The predicted octanol–water partition coefficient (Wildman–Crippen LogP) is 1.60. The topological polar surface area (TPSA) is 163 Å². The van der Waals surface area contributed by atoms with Crippen LogP contribution in [0.25, 0.3) is 11.2 Å². The van der Waals surface area contributed by atoms with Crippen molar-refractivity contribution in [3.63, 3.8) is 0 Å². The highest BCUT2D eigenvalue weighted by Gasteiger charge is 2.46. The van der Waals surface area contributed by atoms with Crippen LogP contribution in [-0.2, 0) is 22.7 Å². The first-order chi connectivity index (χ1) is 17.5. The molecule has 12 nitrogen and oxygen atoms in total. The molecule has 5 rings (SSSR count). The van der Waals surface area contributed by atoms with Crippen LogP contribution in [0.2, 0.25) is 5.02 Å². The summed E-state index contributed by atoms with van der Waals surface area (Å²) in [7, 11) is 1.48. The van der Waals surface area contributed by atoms with Gasteiger partial charge in [-0.1, -0.05) is 11.6 Å². The number of fused-ring (bicyclic) bond motifs is 1. The van der Waals surface area contributed by atoms with E-state index in [0.717, 1.165) is 5.56 Å². The SMILES string of the molecule is CNC(=O)[C@H]1O[C@@H](n2cnc3c(NCc4cc(Cl)ccc4OCc4ccco4)ncnc32)[C@H](O)[C@@H]1N. The first kappa shape index (κ1) is 24.0. The van der Waals surface area contributed by atoms with Gasteiger partial charge in [0.1, 0.15) is 30.5 Å². The molecule has 0 spiro atoms. The molecule has 36 heavy (non-hydrogen) atoms. The Kier molecular flexibility index (Phi) is 6.74. The quantitative estimate of drug-likeness (QED) is 0.272. The fourth-order valence-corrected chi connectivity index (χ4v) is 4.21. The normalized spacial score (nSPS) is 21.6. The minimum Gasteiger partial charge on any atom is -0.485 e. The summed E-state index contributed by atoms with van der Waals surface area (Å²) in [6, 6.07) is 8.05. The smallest absolute Gasteiger partial charge is 0.250 e. The van der Waals surface area contributed by atoms with Crippen LogP contribution in [0.3, 0.4) is 0 Å². The molecule has 1 aromatic carbocycles. The Bertz CT molecular complexity index is 1360. The fourth-order valence-electron chi connectivity index (χ4n) is 4.02. The summed E-state index contributed by atoms with van der Waals surface area (Å²) in [5.41, 5.74) is 7.67. The Morgan fingerprint density at radius 3 is 2.94 bits per heavy atom. The number of aromatic nitrogens is 4. The highest BCUT2D eigenvalue weighted by Crippen LogP contribution is 2.32. The standard InChI is InChI=1S/C23H24ClN7O5/c1-26-22(33)19-16(25)18(32)23(36-19)31-11-30-17-20(28-10-29-21(17)31)27-8-12-7-13(24)4-5-15(12)35-9-14-3-2-6-34-14/h2-7,10-11,16,18-19,23,32H,8-9,25H2,1H3,(H,26,33)(H,27,28,29)/t16-,18+,19-,23+/m0/s1. The minimum absolute atomic E-state index is 0.271. The minimum atomic E-state index is -1.14. The number of carbonyl (C=O) groups excluding carboxylic acids is 1. The number of benzene rings is 1. The maximum atomic E-state index is 12.1. The third-order valence-corrected chi connectivity index (χ3v) is 6.11. The number of amides is 1. The number of hydrogen-bond acceptors (Lipinski definition) is 10. The van der Waals surface area contributed by atoms with Crippen molar-refractivity contribution in [2.24, 2.45) is 5.73 Å². The number of carbonyl (C=O) groups is 1. The predicted molar refractivity (Wildman–Crippen MR) is 129 cm³/mol. The van der Waals surface area contributed by atoms with Crippen molar-refractivity contribution in [3.05, 3.63) is 65.6 Å². The lowest BCUT2D eigenvalue weighted by molar-refractivity contribution is -0.134. The number of nitrogens with one attached hydrogen (secondary N) is 2. The van der Waals surface area contributed by atoms with Gasteiger partial charge >= 0.3 is 0 Å². The molecule has 1 fully saturated rings. The van der Waals surface area contributed by atoms with E-state index in [4.69, 9.17) is 31.2 Å². The van der Waals surface area contributed by atoms with Gasteiger partial charge in [0.05, 0.1) is 18.6 Å². The summed E-state index contributed by atoms with van der Waals surface area (Å²) >= 11 is 6.22. The van der Waals surface area contributed by atoms with E-state index in [9.17, 15) is 9.90 Å². The second kappa shape index (κ2) is 10.1. The molecule has 188 valence electrons. The average Bonchev–Trinajstić information content (AvgIpc) is 3.62. The summed E-state index contributed by atoms with van der Waals surface area (Å²) in [6.07, 6.45) is 1.33. The molecule has 5 N–H and O–H groups in total. The summed E-state index contributed by atoms with van der Waals surface area (Å²) in [6.45, 7) is 0.603. The largest absolute Gasteiger partial charge is 0.485 e. The van der Waals surface area contributed by atoms with Gasteiger partial charge in [0.25, 0.3) is 5.91 Å². The number of nitrogens with zero attached hydrogens (tertiary/aromatic N) is 4. The summed E-state index contributed by atoms with van der Waals surface area (Å²) < 4.78 is 18.5. The molecule has 0 unspecified atom stereocenters. The van der Waals surface area contributed by atoms with Gasteiger partial charge in [-0.3, -0.25) is 9.36 Å². The van der Waals surface area contributed by atoms with E-state index in [1.54, 1.807) is 30.5 Å². The third kappa shape index (κ3) is 4.58. The number of rotatable bonds is 8. The molecule has 4 heterocycles. The van der Waals surface area contributed by atoms with E-state index in [0.29, 0.717) is 40.1 Å². The molecule has 1 aliphatic rings. The maximum Gasteiger partial charge on any atom is 0.250 e. The van der Waals surface area contributed by atoms with E-state index < -0.39 is 30.4 Å². The van der Waals surface area contributed by atoms with Crippen molar-refractivity contribution in [1.29, 1.82) is 0 Å². The molecular weight excluding hydrogens is 490 g/mol. The molecular formula is C23H24ClN7O5. The molecule has 1 aliphatic heterocycles. The average molecular weight is 514 g/mol. The van der Waals surface area contributed by atoms with Gasteiger partial charge in [-0.25, -0.2) is 15.0 Å². The summed E-state index contributed by atoms with van der Waals surface area (Å²) in [5, 5.41) is 16.9. The summed E-state index contributed by atoms with van der Waals surface area (Å²) in [5.74, 6) is 1.37. The Labute approximate surface area is 210 Å². The van der Waals surface area contributed by atoms with Crippen LogP contribution in [0.15, 0.2) is 53.7 Å². The van der Waals surface area contributed by atoms with Gasteiger partial charge in [-0.05, 0) is 30.3 Å². The number of halogens is 1. The number of ether oxygens (including phenoxy) is 2. The van der Waals surface area contributed by atoms with Crippen molar-refractivity contribution < 1.29 is 23.8 Å². The fraction of sp³-hybridized carbons (Fsp3) is 0.304. The van der Waals surface area contributed by atoms with Gasteiger partial charge in [0.15, 0.2) is 29.3 Å². The number of hydrogen-bond donors (Lipinski definition) is 4. The lowest BCUT2D eigenvalue weighted by atomic mass is 10.1. The number of anilines is 1. The Balaban J connectivity index is 1.36. The molecule has 0 bridgehead atoms. The number of imidazole rings is 1. The van der Waals surface area contributed by atoms with Crippen LogP contribution in [-0.4, -0.2) is 55.8 Å². The highest BCUT2D eigenvalue weighted by atomic mass is 35.5. The van der Waals surface area contributed by atoms with Crippen molar-refractivity contribution in [1.82, 2.24) is 24.8 Å². The third-order valence-electron chi connectivity index (χ3n) is 5.88. The van der Waals surface area contributed by atoms with Crippen LogP contribution in [0.5, 0.6) is 5.75 Å². The van der Waals surface area contributed by atoms with Gasteiger partial charge in [-0.15, -0.1) is 0 Å². The van der Waals surface area contributed by atoms with Gasteiger partial charge in [0.2, 0.25) is 0 Å². The molecule has 0 radical (unpaired) electrons. The zero-order valence-electron chi connectivity index (χ0n) is 19.2. The van der Waals surface area contributed by atoms with E-state index in [1.165, 1.54) is 24.3 Å². The molecule has 1 saturated heterocycles. The lowest BCUT2D eigenvalue weighted by Gasteiger charge is -2.17. The van der Waals surface area contributed by atoms with E-state index in [-0.39, 0.29) is 6.61 Å². The molecule has 0 aliphatic carbocycles. The number of nitrogens with two attached hydrogens (primary N) is 1. The van der Waals surface area contributed by atoms with Crippen LogP contribution in [0.4, 0.5) is 5.82 Å². The number of furan rings is 1. The van der Waals surface area contributed by atoms with Crippen LogP contribution >= 0.6 is 11.6 Å². The molecule has 4 aromatic rings. The van der Waals surface area contributed by atoms with Crippen molar-refractivity contribution in [3.8, 4) is 5.75 Å². The Morgan fingerprint density at radius 1 is 1.31 bits per heavy atom. The second-order valence-electron chi connectivity index (χ2n) is 8.15. The molecule has 13 heteroatoms. The van der Waals surface area contributed by atoms with Crippen LogP contribution in [0.1, 0.15) is 17.6 Å². The highest BCUT2D eigenvalue weighted by molar-refractivity contribution is 6.30. The van der Waals surface area contributed by atoms with E-state index in [1.807, 2.05) is 6.07 Å². The molecule has 4 atom stereocenters. The van der Waals surface area contributed by atoms with Crippen molar-refractivity contribution in [2.45, 2.75) is 37.6 Å². The maximum absolute atomic E-state index is 12.1. The Morgan fingerprint density at radius 2 is 2.17 bits per heavy atom. The molecule has 0 saturated carbocycles. The lowest BCUT2D eigenvalue weighted by Crippen LogP contribution is -2.46. The monoisotopic (exact) mass is 513 g/mol. The van der Waals surface area contributed by atoms with Crippen molar-refractivity contribution in [2.75, 3.05) is 12.4 Å². The molecule has 3 aromatic heterocycles. The zero-order valence-corrected chi connectivity index (χ0v) is 19.9. The zero-order chi connectivity index (χ0) is 25.2. The first-order valence-corrected chi connectivity index (χ1v) is 11.5. The van der Waals surface area contributed by atoms with E-state index in [2.05, 4.69) is 25.6 Å². The number of aliphatic hydroxyl groups excluding tert-OH is 1. The van der Waals surface area contributed by atoms with Crippen molar-refractivity contribution >= 4 is 34.5 Å². The van der Waals surface area contributed by atoms with E-state index >= 15 is 0 Å². The van der Waals surface area contributed by atoms with Gasteiger partial charge in [-0.2, -0.15) is 0 Å². The first-order valence-electron chi connectivity index (χ1n) is 11.1. The van der Waals surface area contributed by atoms with Crippen LogP contribution < -0.4 is 21.1 Å².